The normalized spacial score (nSPS) is 24.2. The van der Waals surface area contributed by atoms with E-state index >= 15 is 0 Å². The van der Waals surface area contributed by atoms with Crippen LogP contribution in [0.1, 0.15) is 46.5 Å². The minimum Gasteiger partial charge on any atom is -0.506 e. The molecule has 0 unspecified atom stereocenters. The molecule has 1 aliphatic carbocycles. The lowest BCUT2D eigenvalue weighted by atomic mass is 9.71. The number of phenols is 1. The number of anilines is 1. The van der Waals surface area contributed by atoms with Gasteiger partial charge in [0.25, 0.3) is 0 Å². The summed E-state index contributed by atoms with van der Waals surface area (Å²) in [5.74, 6) is 0.970. The van der Waals surface area contributed by atoms with Gasteiger partial charge in [-0.25, -0.2) is 0 Å². The number of halogens is 1. The third-order valence-corrected chi connectivity index (χ3v) is 4.57. The molecule has 0 atom stereocenters. The summed E-state index contributed by atoms with van der Waals surface area (Å²) in [6.07, 6.45) is 4.99. The molecule has 1 aliphatic rings. The van der Waals surface area contributed by atoms with Crippen LogP contribution in [0.2, 0.25) is 5.02 Å². The molecule has 0 heterocycles. The van der Waals surface area contributed by atoms with E-state index in [0.29, 0.717) is 16.5 Å². The van der Waals surface area contributed by atoms with Crippen LogP contribution in [0.3, 0.4) is 0 Å². The van der Waals surface area contributed by atoms with Gasteiger partial charge in [-0.1, -0.05) is 32.4 Å². The highest BCUT2D eigenvalue weighted by Gasteiger charge is 2.29. The zero-order valence-electron chi connectivity index (χ0n) is 12.0. The van der Waals surface area contributed by atoms with Crippen molar-refractivity contribution in [3.63, 3.8) is 0 Å². The van der Waals surface area contributed by atoms with Crippen molar-refractivity contribution in [1.82, 2.24) is 0 Å². The Balaban J connectivity index is 1.90. The third kappa shape index (κ3) is 3.79. The molecular formula is C16H24ClNO. The van der Waals surface area contributed by atoms with Crippen LogP contribution in [-0.4, -0.2) is 11.1 Å². The molecule has 0 spiro atoms. The zero-order chi connectivity index (χ0) is 14.0. The molecule has 2 N–H and O–H groups in total. The number of benzene rings is 1. The second-order valence-corrected chi connectivity index (χ2v) is 7.13. The van der Waals surface area contributed by atoms with Gasteiger partial charge < -0.3 is 10.4 Å². The van der Waals surface area contributed by atoms with Crippen molar-refractivity contribution in [2.45, 2.75) is 52.5 Å². The van der Waals surface area contributed by atoms with Crippen LogP contribution in [0, 0.1) is 11.3 Å². The van der Waals surface area contributed by atoms with Crippen molar-refractivity contribution in [2.75, 3.05) is 5.32 Å². The number of rotatable bonds is 2. The molecule has 1 fully saturated rings. The summed E-state index contributed by atoms with van der Waals surface area (Å²) in [6, 6.07) is 5.86. The highest BCUT2D eigenvalue weighted by atomic mass is 35.5. The number of hydrogen-bond donors (Lipinski definition) is 2. The van der Waals surface area contributed by atoms with Crippen molar-refractivity contribution >= 4 is 17.3 Å². The maximum atomic E-state index is 9.41. The Morgan fingerprint density at radius 2 is 1.79 bits per heavy atom. The summed E-state index contributed by atoms with van der Waals surface area (Å²) in [7, 11) is 0. The van der Waals surface area contributed by atoms with Gasteiger partial charge in [-0.3, -0.25) is 0 Å². The molecule has 19 heavy (non-hydrogen) atoms. The molecule has 0 bridgehead atoms. The molecule has 1 aromatic carbocycles. The van der Waals surface area contributed by atoms with Crippen LogP contribution >= 0.6 is 11.6 Å². The van der Waals surface area contributed by atoms with Gasteiger partial charge in [-0.05, 0) is 55.2 Å². The first-order valence-electron chi connectivity index (χ1n) is 7.11. The lowest BCUT2D eigenvalue weighted by molar-refractivity contribution is 0.173. The Morgan fingerprint density at radius 3 is 2.32 bits per heavy atom. The summed E-state index contributed by atoms with van der Waals surface area (Å²) in [5.41, 5.74) is 1.43. The van der Waals surface area contributed by atoms with Crippen LogP contribution in [0.5, 0.6) is 5.75 Å². The molecule has 2 rings (SSSR count). The van der Waals surface area contributed by atoms with E-state index in [2.05, 4.69) is 26.1 Å². The molecule has 1 saturated carbocycles. The first kappa shape index (κ1) is 14.5. The van der Waals surface area contributed by atoms with E-state index in [1.807, 2.05) is 6.07 Å². The zero-order valence-corrected chi connectivity index (χ0v) is 12.8. The lowest BCUT2D eigenvalue weighted by Crippen LogP contribution is -2.31. The molecule has 2 nitrogen and oxygen atoms in total. The minimum atomic E-state index is 0.142. The van der Waals surface area contributed by atoms with Gasteiger partial charge in [0, 0.05) is 11.7 Å². The van der Waals surface area contributed by atoms with Crippen molar-refractivity contribution in [3.8, 4) is 5.75 Å². The van der Waals surface area contributed by atoms with Gasteiger partial charge in [0.05, 0.1) is 5.02 Å². The Kier molecular flexibility index (Phi) is 4.29. The molecule has 1 aromatic rings. The fourth-order valence-corrected chi connectivity index (χ4v) is 3.12. The van der Waals surface area contributed by atoms with Crippen LogP contribution < -0.4 is 5.32 Å². The molecule has 0 aliphatic heterocycles. The standard InChI is InChI=1S/C16H24ClNO/c1-16(2,3)11-4-6-12(7-5-11)18-13-8-9-15(19)14(17)10-13/h8-12,18-19H,4-7H2,1-3H3. The van der Waals surface area contributed by atoms with E-state index in [9.17, 15) is 5.11 Å². The number of hydrogen-bond acceptors (Lipinski definition) is 2. The summed E-state index contributed by atoms with van der Waals surface area (Å²) >= 11 is 5.92. The predicted molar refractivity (Wildman–Crippen MR) is 81.9 cm³/mol. The van der Waals surface area contributed by atoms with Crippen molar-refractivity contribution in [1.29, 1.82) is 0 Å². The molecular weight excluding hydrogens is 258 g/mol. The summed E-state index contributed by atoms with van der Waals surface area (Å²) in [6.45, 7) is 7.02. The smallest absolute Gasteiger partial charge is 0.134 e. The van der Waals surface area contributed by atoms with E-state index in [-0.39, 0.29) is 5.75 Å². The summed E-state index contributed by atoms with van der Waals surface area (Å²) in [4.78, 5) is 0. The molecule has 106 valence electrons. The van der Waals surface area contributed by atoms with Gasteiger partial charge in [0.1, 0.15) is 5.75 Å². The summed E-state index contributed by atoms with van der Waals surface area (Å²) < 4.78 is 0. The topological polar surface area (TPSA) is 32.3 Å². The number of aromatic hydroxyl groups is 1. The number of phenolic OH excluding ortho intramolecular Hbond substituents is 1. The second-order valence-electron chi connectivity index (χ2n) is 6.73. The van der Waals surface area contributed by atoms with Crippen molar-refractivity contribution in [3.05, 3.63) is 23.2 Å². The van der Waals surface area contributed by atoms with Crippen LogP contribution in [0.15, 0.2) is 18.2 Å². The Hall–Kier alpha value is -0.890. The molecule has 0 radical (unpaired) electrons. The first-order chi connectivity index (χ1) is 8.86. The van der Waals surface area contributed by atoms with Crippen LogP contribution in [0.25, 0.3) is 0 Å². The Morgan fingerprint density at radius 1 is 1.16 bits per heavy atom. The molecule has 3 heteroatoms. The Bertz CT molecular complexity index is 431. The van der Waals surface area contributed by atoms with Gasteiger partial charge in [-0.15, -0.1) is 0 Å². The van der Waals surface area contributed by atoms with Crippen LogP contribution in [-0.2, 0) is 0 Å². The summed E-state index contributed by atoms with van der Waals surface area (Å²) in [5, 5.41) is 13.3. The SMILES string of the molecule is CC(C)(C)C1CCC(Nc2ccc(O)c(Cl)c2)CC1. The average molecular weight is 282 g/mol. The van der Waals surface area contributed by atoms with E-state index in [1.165, 1.54) is 25.7 Å². The average Bonchev–Trinajstić information content (AvgIpc) is 2.33. The van der Waals surface area contributed by atoms with Gasteiger partial charge in [0.2, 0.25) is 0 Å². The molecule has 0 aromatic heterocycles. The molecule has 0 saturated heterocycles. The predicted octanol–water partition coefficient (Wildman–Crippen LogP) is 5.06. The monoisotopic (exact) mass is 281 g/mol. The van der Waals surface area contributed by atoms with E-state index in [4.69, 9.17) is 11.6 Å². The van der Waals surface area contributed by atoms with Gasteiger partial charge >= 0.3 is 0 Å². The molecule has 0 amide bonds. The third-order valence-electron chi connectivity index (χ3n) is 4.27. The van der Waals surface area contributed by atoms with Gasteiger partial charge in [-0.2, -0.15) is 0 Å². The largest absolute Gasteiger partial charge is 0.506 e. The van der Waals surface area contributed by atoms with E-state index in [1.54, 1.807) is 12.1 Å². The van der Waals surface area contributed by atoms with Crippen LogP contribution in [0.4, 0.5) is 5.69 Å². The fourth-order valence-electron chi connectivity index (χ4n) is 2.94. The first-order valence-corrected chi connectivity index (χ1v) is 7.49. The van der Waals surface area contributed by atoms with E-state index in [0.717, 1.165) is 11.6 Å². The lowest BCUT2D eigenvalue weighted by Gasteiger charge is -2.37. The number of nitrogens with one attached hydrogen (secondary N) is 1. The van der Waals surface area contributed by atoms with E-state index < -0.39 is 0 Å². The van der Waals surface area contributed by atoms with Gasteiger partial charge in [0.15, 0.2) is 0 Å². The Labute approximate surface area is 121 Å². The quantitative estimate of drug-likeness (QED) is 0.743. The highest BCUT2D eigenvalue weighted by molar-refractivity contribution is 6.32. The maximum Gasteiger partial charge on any atom is 0.134 e. The van der Waals surface area contributed by atoms with Crippen molar-refractivity contribution in [2.24, 2.45) is 11.3 Å². The minimum absolute atomic E-state index is 0.142. The highest BCUT2D eigenvalue weighted by Crippen LogP contribution is 2.38. The maximum absolute atomic E-state index is 9.41. The van der Waals surface area contributed by atoms with Crippen molar-refractivity contribution < 1.29 is 5.11 Å². The second kappa shape index (κ2) is 5.62. The fraction of sp³-hybridized carbons (Fsp3) is 0.625.